The van der Waals surface area contributed by atoms with E-state index in [0.29, 0.717) is 32.2 Å². The zero-order valence-electron chi connectivity index (χ0n) is 11.0. The van der Waals surface area contributed by atoms with Crippen molar-refractivity contribution in [2.24, 2.45) is 0 Å². The van der Waals surface area contributed by atoms with Crippen LogP contribution >= 0.6 is 0 Å². The summed E-state index contributed by atoms with van der Waals surface area (Å²) in [7, 11) is 1.85. The zero-order chi connectivity index (χ0) is 13.3. The summed E-state index contributed by atoms with van der Waals surface area (Å²) < 4.78 is 0. The minimum absolute atomic E-state index is 0.0835. The summed E-state index contributed by atoms with van der Waals surface area (Å²) in [6, 6.07) is 0.0389. The van der Waals surface area contributed by atoms with Crippen LogP contribution in [0, 0.1) is 0 Å². The Balaban J connectivity index is 1.82. The number of aliphatic carboxylic acids is 1. The molecule has 0 radical (unpaired) electrons. The fourth-order valence-electron chi connectivity index (χ4n) is 2.30. The maximum Gasteiger partial charge on any atom is 0.320 e. The molecule has 0 aromatic carbocycles. The van der Waals surface area contributed by atoms with E-state index in [1.165, 1.54) is 0 Å². The maximum atomic E-state index is 12.1. The predicted octanol–water partition coefficient (Wildman–Crippen LogP) is 0.291. The number of carboxylic acid groups (broad SMARTS) is 1. The van der Waals surface area contributed by atoms with E-state index in [1.807, 2.05) is 21.7 Å². The summed E-state index contributed by atoms with van der Waals surface area (Å²) in [5.41, 5.74) is 0. The average Bonchev–Trinajstić information content (AvgIpc) is 3.20. The van der Waals surface area contributed by atoms with Crippen molar-refractivity contribution in [2.45, 2.75) is 31.8 Å². The summed E-state index contributed by atoms with van der Waals surface area (Å²) >= 11 is 0. The van der Waals surface area contributed by atoms with E-state index in [1.54, 1.807) is 6.92 Å². The van der Waals surface area contributed by atoms with Gasteiger partial charge in [-0.3, -0.25) is 9.69 Å². The third-order valence-electron chi connectivity index (χ3n) is 3.89. The fourth-order valence-corrected chi connectivity index (χ4v) is 2.30. The Bertz CT molecular complexity index is 335. The first-order valence-electron chi connectivity index (χ1n) is 6.49. The first-order chi connectivity index (χ1) is 8.50. The van der Waals surface area contributed by atoms with Crippen molar-refractivity contribution in [1.82, 2.24) is 14.7 Å². The van der Waals surface area contributed by atoms with Crippen LogP contribution in [0.5, 0.6) is 0 Å². The number of rotatable bonds is 3. The van der Waals surface area contributed by atoms with E-state index in [0.717, 1.165) is 12.8 Å². The van der Waals surface area contributed by atoms with Crippen LogP contribution in [0.25, 0.3) is 0 Å². The van der Waals surface area contributed by atoms with Gasteiger partial charge in [0.1, 0.15) is 6.04 Å². The van der Waals surface area contributed by atoms with Gasteiger partial charge in [-0.25, -0.2) is 4.79 Å². The number of hydrogen-bond acceptors (Lipinski definition) is 3. The summed E-state index contributed by atoms with van der Waals surface area (Å²) in [6.07, 6.45) is 2.22. The first kappa shape index (κ1) is 13.1. The Morgan fingerprint density at radius 3 is 2.22 bits per heavy atom. The molecule has 2 amide bonds. The van der Waals surface area contributed by atoms with Crippen LogP contribution in [0.3, 0.4) is 0 Å². The molecule has 6 nitrogen and oxygen atoms in total. The Morgan fingerprint density at radius 2 is 1.78 bits per heavy atom. The Morgan fingerprint density at radius 1 is 1.22 bits per heavy atom. The molecule has 2 aliphatic rings. The van der Waals surface area contributed by atoms with Crippen molar-refractivity contribution >= 4 is 12.0 Å². The molecule has 1 heterocycles. The van der Waals surface area contributed by atoms with Crippen molar-refractivity contribution in [3.05, 3.63) is 0 Å². The highest BCUT2D eigenvalue weighted by Gasteiger charge is 2.34. The molecule has 1 atom stereocenters. The van der Waals surface area contributed by atoms with E-state index in [4.69, 9.17) is 5.11 Å². The number of carboxylic acids is 1. The first-order valence-corrected chi connectivity index (χ1v) is 6.49. The molecule has 1 saturated heterocycles. The molecule has 2 fully saturated rings. The van der Waals surface area contributed by atoms with E-state index < -0.39 is 12.0 Å². The summed E-state index contributed by atoms with van der Waals surface area (Å²) in [6.45, 7) is 4.20. The van der Waals surface area contributed by atoms with Crippen LogP contribution < -0.4 is 0 Å². The number of carbonyl (C=O) groups is 2. The number of carbonyl (C=O) groups excluding carboxylic acids is 1. The maximum absolute atomic E-state index is 12.1. The molecule has 18 heavy (non-hydrogen) atoms. The highest BCUT2D eigenvalue weighted by atomic mass is 16.4. The van der Waals surface area contributed by atoms with Gasteiger partial charge in [-0.1, -0.05) is 0 Å². The van der Waals surface area contributed by atoms with Gasteiger partial charge in [0.15, 0.2) is 0 Å². The molecular formula is C12H21N3O3. The number of urea groups is 1. The van der Waals surface area contributed by atoms with Gasteiger partial charge in [-0.05, 0) is 19.8 Å². The van der Waals surface area contributed by atoms with Crippen LogP contribution in [-0.4, -0.2) is 77.1 Å². The van der Waals surface area contributed by atoms with Gasteiger partial charge in [-0.2, -0.15) is 0 Å². The molecule has 102 valence electrons. The predicted molar refractivity (Wildman–Crippen MR) is 66.4 cm³/mol. The van der Waals surface area contributed by atoms with Crippen LogP contribution in [0.1, 0.15) is 19.8 Å². The molecule has 0 aromatic rings. The number of hydrogen-bond donors (Lipinski definition) is 1. The molecule has 0 aromatic heterocycles. The molecule has 1 unspecified atom stereocenters. The van der Waals surface area contributed by atoms with E-state index in [-0.39, 0.29) is 6.03 Å². The molecule has 0 spiro atoms. The number of amides is 2. The molecule has 0 bridgehead atoms. The van der Waals surface area contributed by atoms with E-state index in [2.05, 4.69) is 0 Å². The monoisotopic (exact) mass is 255 g/mol. The lowest BCUT2D eigenvalue weighted by Gasteiger charge is -2.38. The second-order valence-corrected chi connectivity index (χ2v) is 5.16. The van der Waals surface area contributed by atoms with Crippen molar-refractivity contribution < 1.29 is 14.7 Å². The number of nitrogens with zero attached hydrogens (tertiary/aromatic N) is 3. The summed E-state index contributed by atoms with van der Waals surface area (Å²) in [5, 5.41) is 8.95. The molecule has 2 rings (SSSR count). The van der Waals surface area contributed by atoms with Crippen LogP contribution in [-0.2, 0) is 4.79 Å². The van der Waals surface area contributed by atoms with Gasteiger partial charge >= 0.3 is 12.0 Å². The summed E-state index contributed by atoms with van der Waals surface area (Å²) in [5.74, 6) is -0.801. The lowest BCUT2D eigenvalue weighted by Crippen LogP contribution is -2.55. The van der Waals surface area contributed by atoms with Gasteiger partial charge in [0.2, 0.25) is 0 Å². The average molecular weight is 255 g/mol. The second-order valence-electron chi connectivity index (χ2n) is 5.16. The molecule has 1 saturated carbocycles. The zero-order valence-corrected chi connectivity index (χ0v) is 11.0. The van der Waals surface area contributed by atoms with Crippen molar-refractivity contribution in [2.75, 3.05) is 33.2 Å². The van der Waals surface area contributed by atoms with Gasteiger partial charge in [0.05, 0.1) is 0 Å². The van der Waals surface area contributed by atoms with Crippen LogP contribution in [0.2, 0.25) is 0 Å². The van der Waals surface area contributed by atoms with Gasteiger partial charge in [0.25, 0.3) is 0 Å². The Hall–Kier alpha value is -1.30. The SMILES string of the molecule is CC(C(=O)O)N1CCN(C(=O)N(C)C2CC2)CC1. The van der Waals surface area contributed by atoms with Gasteiger partial charge < -0.3 is 14.9 Å². The Labute approximate surface area is 107 Å². The van der Waals surface area contributed by atoms with E-state index in [9.17, 15) is 9.59 Å². The van der Waals surface area contributed by atoms with Crippen LogP contribution in [0.15, 0.2) is 0 Å². The normalized spacial score (nSPS) is 22.7. The molecule has 1 aliphatic heterocycles. The third-order valence-corrected chi connectivity index (χ3v) is 3.89. The highest BCUT2D eigenvalue weighted by Crippen LogP contribution is 2.26. The topological polar surface area (TPSA) is 64.1 Å². The van der Waals surface area contributed by atoms with Crippen molar-refractivity contribution in [3.8, 4) is 0 Å². The standard InChI is InChI=1S/C12H21N3O3/c1-9(11(16)17)14-5-7-15(8-6-14)12(18)13(2)10-3-4-10/h9-10H,3-8H2,1-2H3,(H,16,17). The summed E-state index contributed by atoms with van der Waals surface area (Å²) in [4.78, 5) is 28.5. The van der Waals surface area contributed by atoms with Crippen molar-refractivity contribution in [1.29, 1.82) is 0 Å². The van der Waals surface area contributed by atoms with E-state index >= 15 is 0 Å². The largest absolute Gasteiger partial charge is 0.480 e. The van der Waals surface area contributed by atoms with Crippen molar-refractivity contribution in [3.63, 3.8) is 0 Å². The van der Waals surface area contributed by atoms with Gasteiger partial charge in [0, 0.05) is 39.3 Å². The molecule has 6 heteroatoms. The highest BCUT2D eigenvalue weighted by molar-refractivity contribution is 5.75. The van der Waals surface area contributed by atoms with Gasteiger partial charge in [-0.15, -0.1) is 0 Å². The third kappa shape index (κ3) is 2.75. The smallest absolute Gasteiger partial charge is 0.320 e. The number of piperazine rings is 1. The minimum atomic E-state index is -0.801. The lowest BCUT2D eigenvalue weighted by atomic mass is 10.2. The molecular weight excluding hydrogens is 234 g/mol. The van der Waals surface area contributed by atoms with Crippen LogP contribution in [0.4, 0.5) is 4.79 Å². The minimum Gasteiger partial charge on any atom is -0.480 e. The fraction of sp³-hybridized carbons (Fsp3) is 0.833. The quantitative estimate of drug-likeness (QED) is 0.787. The second kappa shape index (κ2) is 5.14. The lowest BCUT2D eigenvalue weighted by molar-refractivity contribution is -0.143. The molecule has 1 N–H and O–H groups in total. The molecule has 1 aliphatic carbocycles. The Kier molecular flexibility index (Phi) is 3.75.